The highest BCUT2D eigenvalue weighted by Crippen LogP contribution is 2.23. The number of ketones is 1. The van der Waals surface area contributed by atoms with Crippen molar-refractivity contribution in [3.8, 4) is 0 Å². The topological polar surface area (TPSA) is 94.5 Å². The van der Waals surface area contributed by atoms with Gasteiger partial charge in [-0.25, -0.2) is 17.9 Å². The van der Waals surface area contributed by atoms with E-state index in [1.807, 2.05) is 12.1 Å². The summed E-state index contributed by atoms with van der Waals surface area (Å²) >= 11 is 0. The number of benzene rings is 2. The summed E-state index contributed by atoms with van der Waals surface area (Å²) in [6.07, 6.45) is 1.74. The van der Waals surface area contributed by atoms with Crippen LogP contribution in [0, 0.1) is 0 Å². The van der Waals surface area contributed by atoms with Crippen molar-refractivity contribution in [2.45, 2.75) is 37.6 Å². The molecule has 0 aliphatic heterocycles. The molecule has 2 aromatic carbocycles. The van der Waals surface area contributed by atoms with E-state index in [2.05, 4.69) is 25.5 Å². The smallest absolute Gasteiger partial charge is 0.338 e. The van der Waals surface area contributed by atoms with Crippen molar-refractivity contribution in [2.75, 3.05) is 6.61 Å². The van der Waals surface area contributed by atoms with Gasteiger partial charge in [0.1, 0.15) is 0 Å². The number of aryl methyl sites for hydroxylation is 1. The third kappa shape index (κ3) is 6.18. The monoisotopic (exact) mass is 468 g/mol. The van der Waals surface area contributed by atoms with Gasteiger partial charge in [0.05, 0.1) is 16.2 Å². The lowest BCUT2D eigenvalue weighted by Gasteiger charge is -2.19. The molecule has 3 rings (SSSR count). The van der Waals surface area contributed by atoms with Crippen molar-refractivity contribution in [2.24, 2.45) is 7.05 Å². The molecular formula is C25H28N2O5S. The quantitative estimate of drug-likeness (QED) is 0.400. The molecule has 0 amide bonds. The third-order valence-corrected chi connectivity index (χ3v) is 6.67. The van der Waals surface area contributed by atoms with Crippen LogP contribution in [-0.2, 0) is 33.8 Å². The van der Waals surface area contributed by atoms with Crippen molar-refractivity contribution >= 4 is 21.8 Å². The Hall–Kier alpha value is -3.23. The molecule has 174 valence electrons. The molecule has 1 aromatic heterocycles. The van der Waals surface area contributed by atoms with Crippen molar-refractivity contribution in [1.29, 1.82) is 0 Å². The van der Waals surface area contributed by atoms with E-state index in [-0.39, 0.29) is 34.8 Å². The second-order valence-electron chi connectivity index (χ2n) is 8.80. The number of nitrogens with zero attached hydrogens (tertiary/aromatic N) is 1. The number of hydrogen-bond acceptors (Lipinski definition) is 5. The fraction of sp³-hybridized carbons (Fsp3) is 0.280. The Balaban J connectivity index is 1.56. The first-order valence-corrected chi connectivity index (χ1v) is 12.0. The van der Waals surface area contributed by atoms with Crippen LogP contribution in [-0.4, -0.2) is 31.3 Å². The van der Waals surface area contributed by atoms with Gasteiger partial charge in [-0.3, -0.25) is 4.79 Å². The van der Waals surface area contributed by atoms with Gasteiger partial charge in [-0.15, -0.1) is 0 Å². The lowest BCUT2D eigenvalue weighted by atomic mass is 9.87. The lowest BCUT2D eigenvalue weighted by molar-refractivity contribution is 0.0472. The number of rotatable bonds is 8. The van der Waals surface area contributed by atoms with Gasteiger partial charge in [0.2, 0.25) is 15.8 Å². The zero-order valence-electron chi connectivity index (χ0n) is 19.2. The number of Topliss-reactive ketones (excluding diaryl/α,β-unsaturated/α-hetero) is 1. The first-order chi connectivity index (χ1) is 15.5. The predicted octanol–water partition coefficient (Wildman–Crippen LogP) is 3.84. The number of hydrogen-bond donors (Lipinski definition) is 1. The minimum absolute atomic E-state index is 0.0623. The summed E-state index contributed by atoms with van der Waals surface area (Å²) < 4.78 is 34.5. The van der Waals surface area contributed by atoms with Gasteiger partial charge in [-0.2, -0.15) is 0 Å². The molecule has 1 heterocycles. The Morgan fingerprint density at radius 3 is 2.15 bits per heavy atom. The van der Waals surface area contributed by atoms with E-state index in [0.717, 1.165) is 5.56 Å². The van der Waals surface area contributed by atoms with Crippen molar-refractivity contribution in [1.82, 2.24) is 9.29 Å². The number of aromatic nitrogens is 1. The molecule has 0 spiro atoms. The Labute approximate surface area is 194 Å². The Bertz CT molecular complexity index is 1240. The van der Waals surface area contributed by atoms with Crippen LogP contribution in [0.25, 0.3) is 0 Å². The third-order valence-electron chi connectivity index (χ3n) is 5.25. The minimum Gasteiger partial charge on any atom is -0.454 e. The fourth-order valence-electron chi connectivity index (χ4n) is 3.19. The van der Waals surface area contributed by atoms with E-state index in [4.69, 9.17) is 4.74 Å². The summed E-state index contributed by atoms with van der Waals surface area (Å²) in [5, 5.41) is 0. The van der Waals surface area contributed by atoms with Crippen LogP contribution in [0.1, 0.15) is 52.7 Å². The fourth-order valence-corrected chi connectivity index (χ4v) is 4.21. The highest BCUT2D eigenvalue weighted by atomic mass is 32.2. The van der Waals surface area contributed by atoms with Gasteiger partial charge in [-0.05, 0) is 52.9 Å². The number of sulfonamides is 1. The number of ether oxygens (including phenoxy) is 1. The molecule has 0 bridgehead atoms. The standard InChI is InChI=1S/C25H28N2O5S/c1-25(2,3)20-11-13-21(14-12-20)33(30,31)26-16-18-7-9-19(10-8-18)24(29)32-17-23(28)22-6-5-15-27(22)4/h5-15,26H,16-17H2,1-4H3. The first-order valence-electron chi connectivity index (χ1n) is 10.5. The summed E-state index contributed by atoms with van der Waals surface area (Å²) in [6, 6.07) is 16.6. The van der Waals surface area contributed by atoms with Crippen molar-refractivity contribution < 1.29 is 22.7 Å². The number of nitrogens with one attached hydrogen (secondary N) is 1. The molecular weight excluding hydrogens is 440 g/mol. The largest absolute Gasteiger partial charge is 0.454 e. The van der Waals surface area contributed by atoms with Crippen molar-refractivity contribution in [3.05, 3.63) is 89.2 Å². The lowest BCUT2D eigenvalue weighted by Crippen LogP contribution is -2.23. The molecule has 1 N–H and O–H groups in total. The Morgan fingerprint density at radius 2 is 1.61 bits per heavy atom. The number of esters is 1. The molecule has 0 radical (unpaired) electrons. The molecule has 0 unspecified atom stereocenters. The molecule has 0 fully saturated rings. The van der Waals surface area contributed by atoms with E-state index in [1.54, 1.807) is 54.2 Å². The normalized spacial score (nSPS) is 11.9. The average molecular weight is 469 g/mol. The molecule has 0 aliphatic carbocycles. The summed E-state index contributed by atoms with van der Waals surface area (Å²) in [7, 11) is -1.93. The van der Waals surface area contributed by atoms with Gasteiger partial charge >= 0.3 is 5.97 Å². The Kier molecular flexibility index (Phi) is 7.19. The maximum atomic E-state index is 12.6. The van der Waals surface area contributed by atoms with Gasteiger partial charge in [-0.1, -0.05) is 45.0 Å². The predicted molar refractivity (Wildman–Crippen MR) is 126 cm³/mol. The molecule has 0 atom stereocenters. The molecule has 33 heavy (non-hydrogen) atoms. The highest BCUT2D eigenvalue weighted by molar-refractivity contribution is 7.89. The molecule has 7 nitrogen and oxygen atoms in total. The van der Waals surface area contributed by atoms with Crippen LogP contribution in [0.4, 0.5) is 0 Å². The van der Waals surface area contributed by atoms with Crippen molar-refractivity contribution in [3.63, 3.8) is 0 Å². The van der Waals surface area contributed by atoms with Crippen LogP contribution < -0.4 is 4.72 Å². The van der Waals surface area contributed by atoms with E-state index in [9.17, 15) is 18.0 Å². The molecule has 0 aliphatic rings. The zero-order chi connectivity index (χ0) is 24.2. The molecule has 8 heteroatoms. The Morgan fingerprint density at radius 1 is 0.970 bits per heavy atom. The molecule has 0 saturated heterocycles. The second kappa shape index (κ2) is 9.72. The molecule has 0 saturated carbocycles. The van der Waals surface area contributed by atoms with E-state index < -0.39 is 16.0 Å². The van der Waals surface area contributed by atoms with Crippen LogP contribution >= 0.6 is 0 Å². The number of carbonyl (C=O) groups is 2. The zero-order valence-corrected chi connectivity index (χ0v) is 20.0. The summed E-state index contributed by atoms with van der Waals surface area (Å²) in [5.74, 6) is -0.916. The molecule has 3 aromatic rings. The maximum Gasteiger partial charge on any atom is 0.338 e. The van der Waals surface area contributed by atoms with Crippen LogP contribution in [0.3, 0.4) is 0 Å². The van der Waals surface area contributed by atoms with Crippen LogP contribution in [0.15, 0.2) is 71.8 Å². The summed E-state index contributed by atoms with van der Waals surface area (Å²) in [4.78, 5) is 24.5. The minimum atomic E-state index is -3.67. The number of carbonyl (C=O) groups excluding carboxylic acids is 2. The summed E-state index contributed by atoms with van der Waals surface area (Å²) in [5.41, 5.74) is 2.40. The van der Waals surface area contributed by atoms with Gasteiger partial charge in [0.15, 0.2) is 6.61 Å². The van der Waals surface area contributed by atoms with Gasteiger partial charge < -0.3 is 9.30 Å². The van der Waals surface area contributed by atoms with E-state index in [1.165, 1.54) is 12.1 Å². The van der Waals surface area contributed by atoms with E-state index in [0.29, 0.717) is 11.3 Å². The SMILES string of the molecule is Cn1cccc1C(=O)COC(=O)c1ccc(CNS(=O)(=O)c2ccc(C(C)(C)C)cc2)cc1. The van der Waals surface area contributed by atoms with Gasteiger partial charge in [0, 0.05) is 19.8 Å². The van der Waals surface area contributed by atoms with Crippen LogP contribution in [0.2, 0.25) is 0 Å². The van der Waals surface area contributed by atoms with E-state index >= 15 is 0 Å². The average Bonchev–Trinajstić information content (AvgIpc) is 3.21. The second-order valence-corrected chi connectivity index (χ2v) is 10.6. The van der Waals surface area contributed by atoms with Gasteiger partial charge in [0.25, 0.3) is 0 Å². The maximum absolute atomic E-state index is 12.6. The first kappa shape index (κ1) is 24.4. The summed E-state index contributed by atoms with van der Waals surface area (Å²) in [6.45, 7) is 5.91. The highest BCUT2D eigenvalue weighted by Gasteiger charge is 2.18. The van der Waals surface area contributed by atoms with Crippen LogP contribution in [0.5, 0.6) is 0 Å².